The van der Waals surface area contributed by atoms with Crippen molar-refractivity contribution in [2.45, 2.75) is 30.6 Å². The molecule has 0 radical (unpaired) electrons. The largest absolute Gasteiger partial charge is 1.00 e. The monoisotopic (exact) mass is 415 g/mol. The average Bonchev–Trinajstić information content (AvgIpc) is 2.60. The number of carbonyl (C=O) groups is 1. The molecule has 8 heteroatoms. The molecule has 1 unspecified atom stereocenters. The Balaban J connectivity index is 0.00000261. The van der Waals surface area contributed by atoms with Gasteiger partial charge in [-0.2, -0.15) is 0 Å². The molecule has 1 N–H and O–H groups in total. The van der Waals surface area contributed by atoms with Crippen LogP contribution in [-0.4, -0.2) is 20.9 Å². The van der Waals surface area contributed by atoms with Gasteiger partial charge in [-0.3, -0.25) is 0 Å². The zero-order valence-electron chi connectivity index (χ0n) is 15.1. The maximum absolute atomic E-state index is 12.4. The number of rotatable bonds is 6. The second-order valence-electron chi connectivity index (χ2n) is 6.57. The van der Waals surface area contributed by atoms with E-state index >= 15 is 0 Å². The van der Waals surface area contributed by atoms with Crippen LogP contribution in [0.1, 0.15) is 23.1 Å². The fourth-order valence-corrected chi connectivity index (χ4v) is 4.50. The molecule has 3 rings (SSSR count). The van der Waals surface area contributed by atoms with Crippen LogP contribution in [0.15, 0.2) is 47.4 Å². The number of fused-ring (bicyclic) bond motifs is 1. The summed E-state index contributed by atoms with van der Waals surface area (Å²) in [4.78, 5) is 10.9. The molecule has 0 saturated carbocycles. The van der Waals surface area contributed by atoms with Crippen molar-refractivity contribution in [1.82, 2.24) is 4.72 Å². The second kappa shape index (κ2) is 9.54. The van der Waals surface area contributed by atoms with Gasteiger partial charge in [0.25, 0.3) is 0 Å². The van der Waals surface area contributed by atoms with Crippen LogP contribution in [-0.2, 0) is 34.1 Å². The van der Waals surface area contributed by atoms with E-state index in [4.69, 9.17) is 11.6 Å². The second-order valence-corrected chi connectivity index (χ2v) is 8.77. The third kappa shape index (κ3) is 6.04. The summed E-state index contributed by atoms with van der Waals surface area (Å²) in [5, 5.41) is 11.2. The van der Waals surface area contributed by atoms with Crippen molar-refractivity contribution >= 4 is 27.6 Å². The van der Waals surface area contributed by atoms with E-state index < -0.39 is 16.0 Å². The molecule has 2 aromatic carbocycles. The van der Waals surface area contributed by atoms with Crippen LogP contribution in [0.3, 0.4) is 0 Å². The summed E-state index contributed by atoms with van der Waals surface area (Å²) in [6.45, 7) is 0.366. The van der Waals surface area contributed by atoms with Gasteiger partial charge in [0.2, 0.25) is 10.0 Å². The predicted octanol–water partition coefficient (Wildman–Crippen LogP) is -1.28. The van der Waals surface area contributed by atoms with Gasteiger partial charge >= 0.3 is 29.6 Å². The number of carbonyl (C=O) groups excluding carboxylic acids is 1. The van der Waals surface area contributed by atoms with Crippen LogP contribution in [0.2, 0.25) is 5.02 Å². The van der Waals surface area contributed by atoms with Crippen molar-refractivity contribution in [3.05, 3.63) is 64.2 Å². The molecule has 2 aromatic rings. The molecule has 0 fully saturated rings. The van der Waals surface area contributed by atoms with Crippen molar-refractivity contribution in [3.63, 3.8) is 0 Å². The van der Waals surface area contributed by atoms with Gasteiger partial charge in [-0.25, -0.2) is 13.1 Å². The first-order chi connectivity index (χ1) is 12.3. The Hall–Kier alpha value is -0.890. The number of hydrogen-bond acceptors (Lipinski definition) is 4. The Bertz CT molecular complexity index is 916. The first-order valence-corrected chi connectivity index (χ1v) is 10.3. The zero-order valence-corrected chi connectivity index (χ0v) is 18.6. The minimum absolute atomic E-state index is 0. The van der Waals surface area contributed by atoms with Crippen LogP contribution < -0.4 is 39.4 Å². The number of sulfonamides is 1. The fraction of sp³-hybridized carbons (Fsp3) is 0.316. The molecular formula is C19H19ClNNaO4S. The van der Waals surface area contributed by atoms with Gasteiger partial charge in [-0.15, -0.1) is 0 Å². The number of halogens is 1. The standard InChI is InChI=1S/C19H20ClNO4S.Na/c20-17-5-7-18(8-6-17)26(24,25)21-12-14-2-4-15-9-13(11-19(22)23)1-3-16(15)10-14;/h1,3,5-9,14,21H,2,4,10-12H2,(H,22,23);/q;+1/p-1. The van der Waals surface area contributed by atoms with Gasteiger partial charge < -0.3 is 9.90 Å². The molecule has 0 heterocycles. The quantitative estimate of drug-likeness (QED) is 0.595. The summed E-state index contributed by atoms with van der Waals surface area (Å²) in [5.41, 5.74) is 3.03. The number of hydrogen-bond donors (Lipinski definition) is 1. The third-order valence-corrected chi connectivity index (χ3v) is 6.33. The minimum Gasteiger partial charge on any atom is -0.550 e. The normalized spacial score (nSPS) is 16.3. The minimum atomic E-state index is -3.55. The van der Waals surface area contributed by atoms with E-state index in [1.54, 1.807) is 18.2 Å². The molecule has 1 atom stereocenters. The summed E-state index contributed by atoms with van der Waals surface area (Å²) < 4.78 is 27.4. The Morgan fingerprint density at radius 2 is 1.85 bits per heavy atom. The molecule has 0 aliphatic heterocycles. The molecule has 0 aromatic heterocycles. The first kappa shape index (κ1) is 22.4. The van der Waals surface area contributed by atoms with Crippen LogP contribution in [0.5, 0.6) is 0 Å². The van der Waals surface area contributed by atoms with E-state index in [0.717, 1.165) is 36.0 Å². The molecule has 1 aliphatic carbocycles. The van der Waals surface area contributed by atoms with Gasteiger partial charge in [0.15, 0.2) is 0 Å². The Morgan fingerprint density at radius 3 is 2.52 bits per heavy atom. The Morgan fingerprint density at radius 1 is 1.15 bits per heavy atom. The molecule has 5 nitrogen and oxygen atoms in total. The summed E-state index contributed by atoms with van der Waals surface area (Å²) in [6.07, 6.45) is 2.34. The van der Waals surface area contributed by atoms with Crippen molar-refractivity contribution in [3.8, 4) is 0 Å². The number of benzene rings is 2. The van der Waals surface area contributed by atoms with Crippen molar-refractivity contribution < 1.29 is 47.9 Å². The number of aryl methyl sites for hydroxylation is 1. The zero-order chi connectivity index (χ0) is 18.7. The van der Waals surface area contributed by atoms with E-state index in [1.807, 2.05) is 12.1 Å². The van der Waals surface area contributed by atoms with Gasteiger partial charge in [-0.1, -0.05) is 29.8 Å². The van der Waals surface area contributed by atoms with E-state index in [1.165, 1.54) is 12.1 Å². The van der Waals surface area contributed by atoms with Gasteiger partial charge in [0, 0.05) is 24.0 Å². The molecule has 0 spiro atoms. The average molecular weight is 416 g/mol. The number of carboxylic acids is 1. The van der Waals surface area contributed by atoms with Crippen LogP contribution in [0.4, 0.5) is 0 Å². The molecule has 0 bridgehead atoms. The maximum atomic E-state index is 12.4. The predicted molar refractivity (Wildman–Crippen MR) is 97.3 cm³/mol. The number of carboxylic acid groups (broad SMARTS) is 1. The molecule has 1 aliphatic rings. The van der Waals surface area contributed by atoms with Crippen molar-refractivity contribution in [1.29, 1.82) is 0 Å². The topological polar surface area (TPSA) is 86.3 Å². The molecule has 138 valence electrons. The van der Waals surface area contributed by atoms with Gasteiger partial charge in [0.05, 0.1) is 4.90 Å². The van der Waals surface area contributed by atoms with Crippen LogP contribution >= 0.6 is 11.6 Å². The third-order valence-electron chi connectivity index (χ3n) is 4.64. The molecular weight excluding hydrogens is 397 g/mol. The van der Waals surface area contributed by atoms with E-state index in [2.05, 4.69) is 4.72 Å². The van der Waals surface area contributed by atoms with Gasteiger partial charge in [0.1, 0.15) is 0 Å². The van der Waals surface area contributed by atoms with E-state index in [0.29, 0.717) is 11.6 Å². The summed E-state index contributed by atoms with van der Waals surface area (Å²) >= 11 is 5.80. The van der Waals surface area contributed by atoms with E-state index in [9.17, 15) is 18.3 Å². The number of nitrogens with one attached hydrogen (secondary N) is 1. The van der Waals surface area contributed by atoms with Crippen LogP contribution in [0, 0.1) is 5.92 Å². The molecule has 0 amide bonds. The van der Waals surface area contributed by atoms with E-state index in [-0.39, 0.29) is 46.8 Å². The summed E-state index contributed by atoms with van der Waals surface area (Å²) in [7, 11) is -3.55. The maximum Gasteiger partial charge on any atom is 1.00 e. The Labute approximate surface area is 186 Å². The Kier molecular flexibility index (Phi) is 7.92. The summed E-state index contributed by atoms with van der Waals surface area (Å²) in [6, 6.07) is 11.7. The smallest absolute Gasteiger partial charge is 0.550 e. The number of aliphatic carboxylic acids is 1. The van der Waals surface area contributed by atoms with Gasteiger partial charge in [-0.05, 0) is 66.1 Å². The van der Waals surface area contributed by atoms with Crippen molar-refractivity contribution in [2.24, 2.45) is 5.92 Å². The SMILES string of the molecule is O=C([O-])Cc1ccc2c(c1)CCC(CNS(=O)(=O)c1ccc(Cl)cc1)C2.[Na+]. The fourth-order valence-electron chi connectivity index (χ4n) is 3.26. The first-order valence-electron chi connectivity index (χ1n) is 8.39. The summed E-state index contributed by atoms with van der Waals surface area (Å²) in [5.74, 6) is -0.883. The molecule has 27 heavy (non-hydrogen) atoms. The van der Waals surface area contributed by atoms with Crippen LogP contribution in [0.25, 0.3) is 0 Å². The van der Waals surface area contributed by atoms with Crippen molar-refractivity contribution in [2.75, 3.05) is 6.54 Å². The molecule has 0 saturated heterocycles.